The number of ether oxygens (including phenoxy) is 2. The highest BCUT2D eigenvalue weighted by atomic mass is 32.2. The van der Waals surface area contributed by atoms with Crippen LogP contribution in [0.25, 0.3) is 11.4 Å². The third-order valence-corrected chi connectivity index (χ3v) is 5.40. The Kier molecular flexibility index (Phi) is 3.64. The number of rotatable bonds is 3. The zero-order valence-corrected chi connectivity index (χ0v) is 14.7. The molecule has 1 aromatic heterocycles. The fourth-order valence-corrected chi connectivity index (χ4v) is 3.99. The lowest BCUT2D eigenvalue weighted by Gasteiger charge is -2.19. The van der Waals surface area contributed by atoms with Gasteiger partial charge in [-0.1, -0.05) is 11.8 Å². The van der Waals surface area contributed by atoms with Crippen molar-refractivity contribution in [3.8, 4) is 22.9 Å². The number of fused-ring (bicyclic) bond motifs is 2. The number of nitro benzene ring substituents is 1. The number of thioether (sulfide) groups is 1. The number of nitro groups is 1. The largest absolute Gasteiger partial charge is 0.486 e. The summed E-state index contributed by atoms with van der Waals surface area (Å²) in [6.07, 6.45) is 0. The van der Waals surface area contributed by atoms with Gasteiger partial charge in [-0.3, -0.25) is 10.1 Å². The van der Waals surface area contributed by atoms with E-state index in [9.17, 15) is 10.1 Å². The van der Waals surface area contributed by atoms with Crippen molar-refractivity contribution in [3.63, 3.8) is 0 Å². The van der Waals surface area contributed by atoms with Crippen molar-refractivity contribution < 1.29 is 14.4 Å². The van der Waals surface area contributed by atoms with Gasteiger partial charge in [0.25, 0.3) is 5.69 Å². The molecule has 3 aromatic rings. The quantitative estimate of drug-likeness (QED) is 0.544. The average Bonchev–Trinajstić information content (AvgIpc) is 3.28. The van der Waals surface area contributed by atoms with Crippen molar-refractivity contribution in [2.75, 3.05) is 18.6 Å². The third kappa shape index (κ3) is 2.74. The zero-order valence-electron chi connectivity index (χ0n) is 13.9. The summed E-state index contributed by atoms with van der Waals surface area (Å²) in [6, 6.07) is 12.1. The minimum absolute atomic E-state index is 0.0677. The number of hydrogen-bond acceptors (Lipinski definition) is 8. The summed E-state index contributed by atoms with van der Waals surface area (Å²) in [7, 11) is 0. The van der Waals surface area contributed by atoms with Crippen LogP contribution in [0.15, 0.2) is 47.6 Å². The molecule has 10 heteroatoms. The molecule has 1 unspecified atom stereocenters. The Balaban J connectivity index is 1.42. The van der Waals surface area contributed by atoms with Gasteiger partial charge in [0, 0.05) is 17.7 Å². The second-order valence-corrected chi connectivity index (χ2v) is 7.05. The van der Waals surface area contributed by atoms with Crippen LogP contribution < -0.4 is 14.9 Å². The predicted molar refractivity (Wildman–Crippen MR) is 97.5 cm³/mol. The lowest BCUT2D eigenvalue weighted by Crippen LogP contribution is -2.16. The molecular weight excluding hydrogens is 370 g/mol. The van der Waals surface area contributed by atoms with Crippen LogP contribution >= 0.6 is 11.8 Å². The van der Waals surface area contributed by atoms with E-state index < -0.39 is 4.92 Å². The van der Waals surface area contributed by atoms with E-state index in [2.05, 4.69) is 15.6 Å². The summed E-state index contributed by atoms with van der Waals surface area (Å²) >= 11 is 1.50. The Morgan fingerprint density at radius 3 is 2.67 bits per heavy atom. The van der Waals surface area contributed by atoms with Gasteiger partial charge in [-0.15, -0.1) is 10.2 Å². The molecule has 5 rings (SSSR count). The fourth-order valence-electron chi connectivity index (χ4n) is 2.99. The highest BCUT2D eigenvalue weighted by Gasteiger charge is 2.29. The van der Waals surface area contributed by atoms with Gasteiger partial charge in [0.2, 0.25) is 5.16 Å². The first-order valence-electron chi connectivity index (χ1n) is 8.22. The molecule has 0 saturated heterocycles. The molecular formula is C17H13N5O4S. The molecule has 2 aromatic carbocycles. The Bertz CT molecular complexity index is 1040. The molecule has 27 heavy (non-hydrogen) atoms. The first-order valence-corrected chi connectivity index (χ1v) is 9.10. The molecule has 0 amide bonds. The standard InChI is InChI=1S/C17H13N5O4S/c23-22(24)12-4-1-10(2-5-12)16-20-21-15(18-19-17(21)27-16)11-3-6-13-14(9-11)26-8-7-25-13/h1-6,9,16,20H,7-8H2. The topological polar surface area (TPSA) is 104 Å². The number of aromatic nitrogens is 3. The maximum Gasteiger partial charge on any atom is 0.269 e. The second-order valence-electron chi connectivity index (χ2n) is 5.98. The van der Waals surface area contributed by atoms with Crippen molar-refractivity contribution in [2.24, 2.45) is 0 Å². The lowest BCUT2D eigenvalue weighted by atomic mass is 10.2. The van der Waals surface area contributed by atoms with Crippen molar-refractivity contribution in [2.45, 2.75) is 10.5 Å². The smallest absolute Gasteiger partial charge is 0.269 e. The molecule has 0 aliphatic carbocycles. The van der Waals surface area contributed by atoms with Crippen LogP contribution in [0.2, 0.25) is 0 Å². The van der Waals surface area contributed by atoms with Gasteiger partial charge < -0.3 is 14.9 Å². The average molecular weight is 383 g/mol. The SMILES string of the molecule is O=[N+]([O-])c1ccc(C2Nn3c(nnc3-c3ccc4c(c3)OCCO4)S2)cc1. The van der Waals surface area contributed by atoms with Gasteiger partial charge in [-0.2, -0.15) is 0 Å². The van der Waals surface area contributed by atoms with Crippen LogP contribution in [0.1, 0.15) is 10.9 Å². The summed E-state index contributed by atoms with van der Waals surface area (Å²) in [5.74, 6) is 2.07. The molecule has 1 atom stereocenters. The Hall–Kier alpha value is -3.27. The first-order chi connectivity index (χ1) is 13.2. The van der Waals surface area contributed by atoms with E-state index in [1.165, 1.54) is 23.9 Å². The van der Waals surface area contributed by atoms with E-state index in [-0.39, 0.29) is 11.1 Å². The molecule has 1 N–H and O–H groups in total. The summed E-state index contributed by atoms with van der Waals surface area (Å²) < 4.78 is 13.0. The molecule has 2 aliphatic heterocycles. The minimum atomic E-state index is -0.409. The third-order valence-electron chi connectivity index (χ3n) is 4.31. The molecule has 9 nitrogen and oxygen atoms in total. The highest BCUT2D eigenvalue weighted by molar-refractivity contribution is 7.99. The van der Waals surface area contributed by atoms with Crippen LogP contribution in [-0.4, -0.2) is 33.0 Å². The maximum absolute atomic E-state index is 10.8. The molecule has 136 valence electrons. The van der Waals surface area contributed by atoms with Crippen LogP contribution in [0.5, 0.6) is 11.5 Å². The summed E-state index contributed by atoms with van der Waals surface area (Å²) in [4.78, 5) is 10.4. The van der Waals surface area contributed by atoms with E-state index in [1.54, 1.807) is 12.1 Å². The Labute approximate surface area is 157 Å². The van der Waals surface area contributed by atoms with Gasteiger partial charge in [-0.25, -0.2) is 4.68 Å². The molecule has 0 fully saturated rings. The van der Waals surface area contributed by atoms with E-state index in [0.29, 0.717) is 24.8 Å². The molecule has 0 saturated carbocycles. The minimum Gasteiger partial charge on any atom is -0.486 e. The van der Waals surface area contributed by atoms with Crippen LogP contribution in [-0.2, 0) is 0 Å². The number of nitrogens with one attached hydrogen (secondary N) is 1. The van der Waals surface area contributed by atoms with Crippen LogP contribution in [0, 0.1) is 10.1 Å². The van der Waals surface area contributed by atoms with E-state index in [4.69, 9.17) is 9.47 Å². The van der Waals surface area contributed by atoms with Crippen molar-refractivity contribution >= 4 is 17.4 Å². The van der Waals surface area contributed by atoms with Crippen molar-refractivity contribution in [1.82, 2.24) is 14.9 Å². The predicted octanol–water partition coefficient (Wildman–Crippen LogP) is 2.97. The lowest BCUT2D eigenvalue weighted by molar-refractivity contribution is -0.384. The first kappa shape index (κ1) is 15.9. The number of hydrogen-bond donors (Lipinski definition) is 1. The number of non-ortho nitro benzene ring substituents is 1. The van der Waals surface area contributed by atoms with Gasteiger partial charge >= 0.3 is 0 Å². The van der Waals surface area contributed by atoms with Gasteiger partial charge in [0.1, 0.15) is 18.6 Å². The van der Waals surface area contributed by atoms with E-state index >= 15 is 0 Å². The van der Waals surface area contributed by atoms with Gasteiger partial charge in [0.15, 0.2) is 17.3 Å². The molecule has 3 heterocycles. The summed E-state index contributed by atoms with van der Waals surface area (Å²) in [5, 5.41) is 19.9. The maximum atomic E-state index is 10.8. The van der Waals surface area contributed by atoms with Crippen molar-refractivity contribution in [3.05, 3.63) is 58.1 Å². The summed E-state index contributed by atoms with van der Waals surface area (Å²) in [5.41, 5.74) is 5.18. The van der Waals surface area contributed by atoms with Crippen LogP contribution in [0.3, 0.4) is 0 Å². The van der Waals surface area contributed by atoms with Gasteiger partial charge in [0.05, 0.1) is 4.92 Å². The van der Waals surface area contributed by atoms with Gasteiger partial charge in [-0.05, 0) is 35.9 Å². The summed E-state index contributed by atoms with van der Waals surface area (Å²) in [6.45, 7) is 1.06. The normalized spacial score (nSPS) is 17.3. The van der Waals surface area contributed by atoms with Crippen LogP contribution in [0.4, 0.5) is 5.69 Å². The fraction of sp³-hybridized carbons (Fsp3) is 0.176. The van der Waals surface area contributed by atoms with E-state index in [1.807, 2.05) is 22.9 Å². The molecule has 0 spiro atoms. The molecule has 2 aliphatic rings. The Morgan fingerprint density at radius 2 is 1.89 bits per heavy atom. The Morgan fingerprint density at radius 1 is 1.11 bits per heavy atom. The monoisotopic (exact) mass is 383 g/mol. The number of nitrogens with zero attached hydrogens (tertiary/aromatic N) is 4. The second kappa shape index (κ2) is 6.16. The highest BCUT2D eigenvalue weighted by Crippen LogP contribution is 2.41. The molecule has 0 bridgehead atoms. The number of benzene rings is 2. The van der Waals surface area contributed by atoms with E-state index in [0.717, 1.165) is 22.0 Å². The molecule has 0 radical (unpaired) electrons. The van der Waals surface area contributed by atoms with Crippen molar-refractivity contribution in [1.29, 1.82) is 0 Å². The zero-order chi connectivity index (χ0) is 18.4.